The highest BCUT2D eigenvalue weighted by Crippen LogP contribution is 2.21. The number of nitrogens with zero attached hydrogens (tertiary/aromatic N) is 2. The first-order valence-electron chi connectivity index (χ1n) is 4.11. The van der Waals surface area contributed by atoms with Gasteiger partial charge in [0.05, 0.1) is 4.92 Å². The standard InChI is InChI=1S/C9H4Cl4N2O2/c10-7(11)9(13)14-8(12)5-1-3-6(4-2-5)15(16)17/h1-4H. The van der Waals surface area contributed by atoms with E-state index in [1.165, 1.54) is 24.3 Å². The Bertz CT molecular complexity index is 492. The van der Waals surface area contributed by atoms with E-state index in [9.17, 15) is 10.1 Å². The summed E-state index contributed by atoms with van der Waals surface area (Å²) in [7, 11) is 0. The number of benzene rings is 1. The highest BCUT2D eigenvalue weighted by atomic mass is 35.5. The van der Waals surface area contributed by atoms with Gasteiger partial charge in [0, 0.05) is 17.7 Å². The minimum Gasteiger partial charge on any atom is -0.258 e. The van der Waals surface area contributed by atoms with Gasteiger partial charge in [0.25, 0.3) is 5.69 Å². The molecule has 0 atom stereocenters. The molecule has 0 amide bonds. The summed E-state index contributed by atoms with van der Waals surface area (Å²) in [6.45, 7) is 0. The van der Waals surface area contributed by atoms with Gasteiger partial charge < -0.3 is 0 Å². The van der Waals surface area contributed by atoms with Crippen LogP contribution in [-0.4, -0.2) is 10.1 Å². The minimum atomic E-state index is -0.517. The molecule has 0 aliphatic heterocycles. The zero-order valence-electron chi connectivity index (χ0n) is 8.03. The summed E-state index contributed by atoms with van der Waals surface area (Å²) in [6.07, 6.45) is 0. The fraction of sp³-hybridized carbons (Fsp3) is 0. The molecule has 0 spiro atoms. The van der Waals surface area contributed by atoms with E-state index in [0.717, 1.165) is 0 Å². The third-order valence-electron chi connectivity index (χ3n) is 1.67. The largest absolute Gasteiger partial charge is 0.269 e. The van der Waals surface area contributed by atoms with Crippen molar-refractivity contribution >= 4 is 57.3 Å². The predicted molar refractivity (Wildman–Crippen MR) is 70.1 cm³/mol. The zero-order chi connectivity index (χ0) is 13.0. The summed E-state index contributed by atoms with van der Waals surface area (Å²) in [5, 5.41) is 10.3. The lowest BCUT2D eigenvalue weighted by atomic mass is 10.2. The van der Waals surface area contributed by atoms with E-state index >= 15 is 0 Å². The molecule has 90 valence electrons. The van der Waals surface area contributed by atoms with Gasteiger partial charge in [-0.15, -0.1) is 0 Å². The number of hydrogen-bond donors (Lipinski definition) is 0. The van der Waals surface area contributed by atoms with Crippen LogP contribution in [0.25, 0.3) is 0 Å². The lowest BCUT2D eigenvalue weighted by molar-refractivity contribution is -0.384. The van der Waals surface area contributed by atoms with Crippen molar-refractivity contribution in [3.63, 3.8) is 0 Å². The summed E-state index contributed by atoms with van der Waals surface area (Å²) in [4.78, 5) is 13.6. The average molecular weight is 314 g/mol. The SMILES string of the molecule is O=[N+]([O-])c1ccc(C(Cl)=NC(Cl)=C(Cl)Cl)cc1. The van der Waals surface area contributed by atoms with Crippen LogP contribution >= 0.6 is 46.4 Å². The maximum Gasteiger partial charge on any atom is 0.269 e. The van der Waals surface area contributed by atoms with Gasteiger partial charge in [-0.3, -0.25) is 10.1 Å². The first-order chi connectivity index (χ1) is 7.91. The van der Waals surface area contributed by atoms with Crippen molar-refractivity contribution < 1.29 is 4.92 Å². The molecule has 0 N–H and O–H groups in total. The van der Waals surface area contributed by atoms with Gasteiger partial charge >= 0.3 is 0 Å². The number of nitro groups is 1. The second kappa shape index (κ2) is 6.21. The molecule has 0 aromatic heterocycles. The van der Waals surface area contributed by atoms with Crippen LogP contribution in [0.1, 0.15) is 5.56 Å². The fourth-order valence-corrected chi connectivity index (χ4v) is 1.34. The Morgan fingerprint density at radius 2 is 1.65 bits per heavy atom. The van der Waals surface area contributed by atoms with Crippen LogP contribution in [0.5, 0.6) is 0 Å². The molecule has 0 heterocycles. The van der Waals surface area contributed by atoms with Crippen molar-refractivity contribution in [2.24, 2.45) is 4.99 Å². The van der Waals surface area contributed by atoms with Crippen LogP contribution < -0.4 is 0 Å². The molecule has 0 fully saturated rings. The lowest BCUT2D eigenvalue weighted by Crippen LogP contribution is -1.93. The number of non-ortho nitro benzene ring substituents is 1. The number of hydrogen-bond acceptors (Lipinski definition) is 3. The van der Waals surface area contributed by atoms with Gasteiger partial charge in [-0.25, -0.2) is 4.99 Å². The molecular formula is C9H4Cl4N2O2. The van der Waals surface area contributed by atoms with Gasteiger partial charge in [0.1, 0.15) is 9.66 Å². The number of nitro benzene ring substituents is 1. The van der Waals surface area contributed by atoms with Crippen molar-refractivity contribution in [2.75, 3.05) is 0 Å². The Hall–Kier alpha value is -0.810. The Morgan fingerprint density at radius 3 is 2.06 bits per heavy atom. The molecule has 0 saturated carbocycles. The second-order valence-electron chi connectivity index (χ2n) is 2.76. The van der Waals surface area contributed by atoms with Gasteiger partial charge in [-0.05, 0) is 12.1 Å². The molecule has 1 rings (SSSR count). The quantitative estimate of drug-likeness (QED) is 0.359. The van der Waals surface area contributed by atoms with Gasteiger partial charge in [-0.1, -0.05) is 46.4 Å². The van der Waals surface area contributed by atoms with E-state index in [-0.39, 0.29) is 20.5 Å². The van der Waals surface area contributed by atoms with E-state index < -0.39 is 4.92 Å². The van der Waals surface area contributed by atoms with E-state index in [0.29, 0.717) is 5.56 Å². The third kappa shape index (κ3) is 4.16. The maximum absolute atomic E-state index is 10.4. The predicted octanol–water partition coefficient (Wildman–Crippen LogP) is 4.42. The van der Waals surface area contributed by atoms with Crippen LogP contribution in [0.4, 0.5) is 5.69 Å². The Labute approximate surface area is 117 Å². The van der Waals surface area contributed by atoms with Gasteiger partial charge in [0.2, 0.25) is 0 Å². The highest BCUT2D eigenvalue weighted by Gasteiger charge is 2.07. The summed E-state index contributed by atoms with van der Waals surface area (Å²) in [5.74, 6) is 0. The smallest absolute Gasteiger partial charge is 0.258 e. The molecule has 0 aliphatic carbocycles. The van der Waals surface area contributed by atoms with E-state index in [2.05, 4.69) is 4.99 Å². The summed E-state index contributed by atoms with van der Waals surface area (Å²) >= 11 is 22.2. The maximum atomic E-state index is 10.4. The normalized spacial score (nSPS) is 11.2. The van der Waals surface area contributed by atoms with Crippen LogP contribution in [0.3, 0.4) is 0 Å². The molecular weight excluding hydrogens is 310 g/mol. The first-order valence-corrected chi connectivity index (χ1v) is 5.63. The van der Waals surface area contributed by atoms with Crippen molar-refractivity contribution in [3.8, 4) is 0 Å². The molecule has 1 aromatic rings. The second-order valence-corrected chi connectivity index (χ2v) is 4.42. The summed E-state index contributed by atoms with van der Waals surface area (Å²) in [5.41, 5.74) is 0.417. The molecule has 17 heavy (non-hydrogen) atoms. The van der Waals surface area contributed by atoms with E-state index in [1.807, 2.05) is 0 Å². The Balaban J connectivity index is 3.02. The number of halogens is 4. The number of aliphatic imine (C=N–C) groups is 1. The topological polar surface area (TPSA) is 55.5 Å². The Morgan fingerprint density at radius 1 is 1.12 bits per heavy atom. The summed E-state index contributed by atoms with van der Waals surface area (Å²) in [6, 6.07) is 5.48. The third-order valence-corrected chi connectivity index (χ3v) is 2.80. The van der Waals surface area contributed by atoms with E-state index in [1.54, 1.807) is 0 Å². The van der Waals surface area contributed by atoms with Gasteiger partial charge in [0.15, 0.2) is 5.16 Å². The highest BCUT2D eigenvalue weighted by molar-refractivity contribution is 6.70. The van der Waals surface area contributed by atoms with Crippen molar-refractivity contribution in [1.29, 1.82) is 0 Å². The molecule has 0 unspecified atom stereocenters. The first kappa shape index (κ1) is 14.3. The zero-order valence-corrected chi connectivity index (χ0v) is 11.1. The van der Waals surface area contributed by atoms with Crippen molar-refractivity contribution in [1.82, 2.24) is 0 Å². The monoisotopic (exact) mass is 312 g/mol. The minimum absolute atomic E-state index is 0.0312. The molecule has 4 nitrogen and oxygen atoms in total. The van der Waals surface area contributed by atoms with Crippen LogP contribution in [0.2, 0.25) is 0 Å². The van der Waals surface area contributed by atoms with Crippen molar-refractivity contribution in [2.45, 2.75) is 0 Å². The van der Waals surface area contributed by atoms with Crippen molar-refractivity contribution in [3.05, 3.63) is 49.6 Å². The van der Waals surface area contributed by atoms with Gasteiger partial charge in [-0.2, -0.15) is 0 Å². The average Bonchev–Trinajstić information content (AvgIpc) is 2.28. The molecule has 8 heteroatoms. The van der Waals surface area contributed by atoms with E-state index in [4.69, 9.17) is 46.4 Å². The van der Waals surface area contributed by atoms with Crippen LogP contribution in [0.15, 0.2) is 38.9 Å². The molecule has 0 radical (unpaired) electrons. The molecule has 0 saturated heterocycles. The molecule has 0 bridgehead atoms. The number of rotatable bonds is 3. The van der Waals surface area contributed by atoms with Crippen LogP contribution in [-0.2, 0) is 0 Å². The molecule has 1 aromatic carbocycles. The fourth-order valence-electron chi connectivity index (χ4n) is 0.914. The summed E-state index contributed by atoms with van der Waals surface area (Å²) < 4.78 is -0.216. The lowest BCUT2D eigenvalue weighted by Gasteiger charge is -1.98. The van der Waals surface area contributed by atoms with Crippen LogP contribution in [0, 0.1) is 10.1 Å². The molecule has 0 aliphatic rings. The Kier molecular flexibility index (Phi) is 5.21.